The fourth-order valence-corrected chi connectivity index (χ4v) is 2.37. The second-order valence-electron chi connectivity index (χ2n) is 4.68. The van der Waals surface area contributed by atoms with Crippen LogP contribution in [0.2, 0.25) is 0 Å². The van der Waals surface area contributed by atoms with E-state index in [4.69, 9.17) is 4.74 Å². The minimum absolute atomic E-state index is 0.278. The molecule has 0 aliphatic carbocycles. The Morgan fingerprint density at radius 1 is 1.35 bits per heavy atom. The largest absolute Gasteiger partial charge is 0.463 e. The standard InChI is InChI=1S/C15H24N2O2S/c1-3-4-5-6-7-8-12-19-14(18)9-13-20-15-16-10-11-17(15)2/h9-11,13H,3-8,12H2,1-2H3. The number of carbonyl (C=O) groups is 1. The minimum Gasteiger partial charge on any atom is -0.463 e. The number of hydrogen-bond acceptors (Lipinski definition) is 4. The first-order chi connectivity index (χ1) is 9.74. The van der Waals surface area contributed by atoms with Gasteiger partial charge in [0.05, 0.1) is 6.61 Å². The summed E-state index contributed by atoms with van der Waals surface area (Å²) < 4.78 is 7.03. The molecule has 5 heteroatoms. The molecule has 0 amide bonds. The molecule has 0 unspecified atom stereocenters. The van der Waals surface area contributed by atoms with Gasteiger partial charge < -0.3 is 9.30 Å². The first-order valence-corrected chi connectivity index (χ1v) is 8.09. The Morgan fingerprint density at radius 2 is 2.10 bits per heavy atom. The molecule has 0 spiro atoms. The van der Waals surface area contributed by atoms with Crippen molar-refractivity contribution in [2.75, 3.05) is 6.61 Å². The van der Waals surface area contributed by atoms with Crippen LogP contribution in [0.1, 0.15) is 45.4 Å². The fourth-order valence-electron chi connectivity index (χ4n) is 1.72. The molecule has 20 heavy (non-hydrogen) atoms. The zero-order chi connectivity index (χ0) is 14.6. The number of carbonyl (C=O) groups excluding carboxylic acids is 1. The van der Waals surface area contributed by atoms with E-state index in [1.165, 1.54) is 43.5 Å². The number of esters is 1. The van der Waals surface area contributed by atoms with Gasteiger partial charge in [-0.25, -0.2) is 9.78 Å². The molecule has 0 radical (unpaired) electrons. The third kappa shape index (κ3) is 7.38. The predicted octanol–water partition coefficient (Wildman–Crippen LogP) is 3.93. The molecule has 0 atom stereocenters. The second kappa shape index (κ2) is 10.5. The van der Waals surface area contributed by atoms with Crippen molar-refractivity contribution in [2.24, 2.45) is 7.05 Å². The molecule has 0 fully saturated rings. The van der Waals surface area contributed by atoms with Crippen molar-refractivity contribution in [2.45, 2.75) is 50.6 Å². The summed E-state index contributed by atoms with van der Waals surface area (Å²) in [4.78, 5) is 15.6. The average molecular weight is 296 g/mol. The molecule has 1 aromatic rings. The van der Waals surface area contributed by atoms with Crippen LogP contribution in [0.3, 0.4) is 0 Å². The van der Waals surface area contributed by atoms with Crippen molar-refractivity contribution in [3.8, 4) is 0 Å². The van der Waals surface area contributed by atoms with Crippen molar-refractivity contribution >= 4 is 17.7 Å². The lowest BCUT2D eigenvalue weighted by Gasteiger charge is -2.02. The van der Waals surface area contributed by atoms with Gasteiger partial charge in [0.15, 0.2) is 5.16 Å². The molecule has 0 saturated heterocycles. The molecular formula is C15H24N2O2S. The molecule has 1 rings (SSSR count). The Balaban J connectivity index is 2.04. The van der Waals surface area contributed by atoms with E-state index in [2.05, 4.69) is 11.9 Å². The van der Waals surface area contributed by atoms with Crippen molar-refractivity contribution in [1.29, 1.82) is 0 Å². The maximum atomic E-state index is 11.4. The van der Waals surface area contributed by atoms with Crippen molar-refractivity contribution in [3.05, 3.63) is 23.9 Å². The highest BCUT2D eigenvalue weighted by Gasteiger charge is 1.99. The van der Waals surface area contributed by atoms with Gasteiger partial charge in [-0.05, 0) is 11.8 Å². The van der Waals surface area contributed by atoms with Crippen LogP contribution in [0.5, 0.6) is 0 Å². The van der Waals surface area contributed by atoms with E-state index in [0.717, 1.165) is 18.0 Å². The number of rotatable bonds is 10. The molecule has 0 N–H and O–H groups in total. The lowest BCUT2D eigenvalue weighted by molar-refractivity contribution is -0.137. The Bertz CT molecular complexity index is 416. The van der Waals surface area contributed by atoms with Gasteiger partial charge in [0.25, 0.3) is 0 Å². The quantitative estimate of drug-likeness (QED) is 0.284. The molecule has 1 aromatic heterocycles. The average Bonchev–Trinajstić information content (AvgIpc) is 2.83. The highest BCUT2D eigenvalue weighted by atomic mass is 32.2. The van der Waals surface area contributed by atoms with E-state index < -0.39 is 0 Å². The summed E-state index contributed by atoms with van der Waals surface area (Å²) in [6, 6.07) is 0. The van der Waals surface area contributed by atoms with Crippen LogP contribution in [0, 0.1) is 0 Å². The molecule has 0 aliphatic rings. The zero-order valence-corrected chi connectivity index (χ0v) is 13.2. The number of hydrogen-bond donors (Lipinski definition) is 0. The summed E-state index contributed by atoms with van der Waals surface area (Å²) in [6.07, 6.45) is 12.2. The molecule has 0 aromatic carbocycles. The van der Waals surface area contributed by atoms with Gasteiger partial charge in [-0.3, -0.25) is 0 Å². The highest BCUT2D eigenvalue weighted by molar-refractivity contribution is 8.02. The lowest BCUT2D eigenvalue weighted by Crippen LogP contribution is -2.02. The number of ether oxygens (including phenoxy) is 1. The van der Waals surface area contributed by atoms with E-state index in [-0.39, 0.29) is 5.97 Å². The van der Waals surface area contributed by atoms with Crippen molar-refractivity contribution in [3.63, 3.8) is 0 Å². The zero-order valence-electron chi connectivity index (χ0n) is 12.4. The number of unbranched alkanes of at least 4 members (excludes halogenated alkanes) is 5. The number of aromatic nitrogens is 2. The van der Waals surface area contributed by atoms with Crippen LogP contribution >= 0.6 is 11.8 Å². The maximum absolute atomic E-state index is 11.4. The fraction of sp³-hybridized carbons (Fsp3) is 0.600. The SMILES string of the molecule is CCCCCCCCOC(=O)C=CSc1nccn1C. The first-order valence-electron chi connectivity index (χ1n) is 7.21. The van der Waals surface area contributed by atoms with Crippen LogP contribution in [-0.4, -0.2) is 22.1 Å². The Labute approximate surface area is 125 Å². The molecule has 0 saturated carbocycles. The smallest absolute Gasteiger partial charge is 0.331 e. The Hall–Kier alpha value is -1.23. The molecular weight excluding hydrogens is 272 g/mol. The summed E-state index contributed by atoms with van der Waals surface area (Å²) in [6.45, 7) is 2.72. The first kappa shape index (κ1) is 16.8. The second-order valence-corrected chi connectivity index (χ2v) is 5.55. The van der Waals surface area contributed by atoms with Crippen LogP contribution in [0.4, 0.5) is 0 Å². The van der Waals surface area contributed by atoms with Crippen molar-refractivity contribution < 1.29 is 9.53 Å². The van der Waals surface area contributed by atoms with Crippen molar-refractivity contribution in [1.82, 2.24) is 9.55 Å². The van der Waals surface area contributed by atoms with Gasteiger partial charge in [-0.2, -0.15) is 0 Å². The molecule has 0 bridgehead atoms. The molecule has 0 aliphatic heterocycles. The predicted molar refractivity (Wildman–Crippen MR) is 82.5 cm³/mol. The number of aryl methyl sites for hydroxylation is 1. The molecule has 4 nitrogen and oxygen atoms in total. The van der Waals surface area contributed by atoms with Gasteiger partial charge in [-0.15, -0.1) is 0 Å². The van der Waals surface area contributed by atoms with Crippen LogP contribution in [-0.2, 0) is 16.6 Å². The van der Waals surface area contributed by atoms with Crippen LogP contribution in [0.15, 0.2) is 29.0 Å². The number of nitrogens with zero attached hydrogens (tertiary/aromatic N) is 2. The molecule has 112 valence electrons. The third-order valence-electron chi connectivity index (χ3n) is 2.90. The molecule has 1 heterocycles. The third-order valence-corrected chi connectivity index (χ3v) is 3.77. The van der Waals surface area contributed by atoms with E-state index in [1.54, 1.807) is 11.6 Å². The minimum atomic E-state index is -0.278. The number of thioether (sulfide) groups is 1. The summed E-state index contributed by atoms with van der Waals surface area (Å²) in [5, 5.41) is 2.57. The summed E-state index contributed by atoms with van der Waals surface area (Å²) in [5.74, 6) is -0.278. The Morgan fingerprint density at radius 3 is 2.80 bits per heavy atom. The lowest BCUT2D eigenvalue weighted by atomic mass is 10.1. The van der Waals surface area contributed by atoms with E-state index in [9.17, 15) is 4.79 Å². The van der Waals surface area contributed by atoms with Crippen LogP contribution < -0.4 is 0 Å². The summed E-state index contributed by atoms with van der Waals surface area (Å²) in [7, 11) is 1.92. The van der Waals surface area contributed by atoms with Gasteiger partial charge in [-0.1, -0.05) is 50.8 Å². The van der Waals surface area contributed by atoms with E-state index >= 15 is 0 Å². The normalized spacial score (nSPS) is 11.1. The van der Waals surface area contributed by atoms with Gasteiger partial charge in [0.2, 0.25) is 0 Å². The van der Waals surface area contributed by atoms with Gasteiger partial charge >= 0.3 is 5.97 Å². The monoisotopic (exact) mass is 296 g/mol. The van der Waals surface area contributed by atoms with E-state index in [0.29, 0.717) is 6.61 Å². The number of imidazole rings is 1. The summed E-state index contributed by atoms with van der Waals surface area (Å²) in [5.41, 5.74) is 0. The Kier molecular flexibility index (Phi) is 8.87. The van der Waals surface area contributed by atoms with Gasteiger partial charge in [0, 0.05) is 25.5 Å². The van der Waals surface area contributed by atoms with Gasteiger partial charge in [0.1, 0.15) is 0 Å². The van der Waals surface area contributed by atoms with E-state index in [1.807, 2.05) is 17.8 Å². The highest BCUT2D eigenvalue weighted by Crippen LogP contribution is 2.15. The van der Waals surface area contributed by atoms with Crippen LogP contribution in [0.25, 0.3) is 0 Å². The summed E-state index contributed by atoms with van der Waals surface area (Å²) >= 11 is 1.41. The topological polar surface area (TPSA) is 44.1 Å². The maximum Gasteiger partial charge on any atom is 0.331 e.